The molecule has 0 fully saturated rings. The zero-order valence-electron chi connectivity index (χ0n) is 10.2. The van der Waals surface area contributed by atoms with E-state index in [1.165, 1.54) is 0 Å². The molecule has 6 heteroatoms. The average Bonchev–Trinajstić information content (AvgIpc) is 2.81. The molecule has 0 unspecified atom stereocenters. The third-order valence-corrected chi connectivity index (χ3v) is 2.39. The molecule has 0 saturated carbocycles. The van der Waals surface area contributed by atoms with Crippen LogP contribution in [0.15, 0.2) is 6.20 Å². The number of aromatic amines is 1. The number of rotatable bonds is 6. The summed E-state index contributed by atoms with van der Waals surface area (Å²) in [5, 5.41) is 14.3. The Hall–Kier alpha value is -1.85. The highest BCUT2D eigenvalue weighted by atomic mass is 15.2. The second kappa shape index (κ2) is 5.47. The topological polar surface area (TPSA) is 78.5 Å². The summed E-state index contributed by atoms with van der Waals surface area (Å²) in [7, 11) is 0. The van der Waals surface area contributed by atoms with Crippen molar-refractivity contribution in [3.8, 4) is 0 Å². The van der Waals surface area contributed by atoms with Gasteiger partial charge in [0.25, 0.3) is 0 Å². The van der Waals surface area contributed by atoms with E-state index in [-0.39, 0.29) is 0 Å². The Morgan fingerprint density at radius 1 is 1.12 bits per heavy atom. The lowest BCUT2D eigenvalue weighted by Crippen LogP contribution is -2.08. The van der Waals surface area contributed by atoms with Crippen LogP contribution in [0.3, 0.4) is 0 Å². The third-order valence-electron chi connectivity index (χ3n) is 2.39. The third kappa shape index (κ3) is 2.64. The number of fused-ring (bicyclic) bond motifs is 1. The molecule has 6 nitrogen and oxygen atoms in total. The Bertz CT molecular complexity index is 478. The maximum atomic E-state index is 4.45. The summed E-state index contributed by atoms with van der Waals surface area (Å²) in [4.78, 5) is 8.82. The van der Waals surface area contributed by atoms with Crippen LogP contribution < -0.4 is 10.6 Å². The van der Waals surface area contributed by atoms with Crippen LogP contribution in [-0.2, 0) is 0 Å². The van der Waals surface area contributed by atoms with Crippen molar-refractivity contribution < 1.29 is 0 Å². The van der Waals surface area contributed by atoms with Crippen molar-refractivity contribution in [3.05, 3.63) is 6.20 Å². The Morgan fingerprint density at radius 3 is 2.65 bits per heavy atom. The van der Waals surface area contributed by atoms with Gasteiger partial charge in [-0.2, -0.15) is 15.1 Å². The number of nitrogens with one attached hydrogen (secondary N) is 3. The Labute approximate surface area is 100 Å². The minimum atomic E-state index is 0.641. The van der Waals surface area contributed by atoms with Crippen LogP contribution in [0.2, 0.25) is 0 Å². The summed E-state index contributed by atoms with van der Waals surface area (Å²) in [5.74, 6) is 1.48. The maximum Gasteiger partial charge on any atom is 0.226 e. The molecule has 0 atom stereocenters. The van der Waals surface area contributed by atoms with Crippen molar-refractivity contribution in [2.24, 2.45) is 0 Å². The van der Waals surface area contributed by atoms with E-state index in [2.05, 4.69) is 44.6 Å². The lowest BCUT2D eigenvalue weighted by atomic mass is 10.3. The molecular weight excluding hydrogens is 216 g/mol. The average molecular weight is 234 g/mol. The minimum absolute atomic E-state index is 0.641. The van der Waals surface area contributed by atoms with Gasteiger partial charge in [0.1, 0.15) is 5.82 Å². The first-order valence-electron chi connectivity index (χ1n) is 6.04. The smallest absolute Gasteiger partial charge is 0.226 e. The van der Waals surface area contributed by atoms with Crippen LogP contribution in [0, 0.1) is 0 Å². The zero-order valence-corrected chi connectivity index (χ0v) is 10.2. The standard InChI is InChI=1S/C11H18N6/c1-3-5-12-9-8-7-14-17-10(8)16-11(15-9)13-6-4-2/h7H,3-6H2,1-2H3,(H3,12,13,14,15,16,17). The van der Waals surface area contributed by atoms with Crippen molar-refractivity contribution in [1.82, 2.24) is 20.2 Å². The molecule has 2 heterocycles. The van der Waals surface area contributed by atoms with Crippen LogP contribution in [0.25, 0.3) is 11.0 Å². The van der Waals surface area contributed by atoms with E-state index in [9.17, 15) is 0 Å². The number of hydrogen-bond donors (Lipinski definition) is 3. The van der Waals surface area contributed by atoms with Gasteiger partial charge in [0, 0.05) is 13.1 Å². The molecule has 0 saturated heterocycles. The van der Waals surface area contributed by atoms with E-state index in [0.29, 0.717) is 5.95 Å². The van der Waals surface area contributed by atoms with Gasteiger partial charge in [-0.3, -0.25) is 5.10 Å². The maximum absolute atomic E-state index is 4.45. The summed E-state index contributed by atoms with van der Waals surface area (Å²) in [5.41, 5.74) is 0.761. The van der Waals surface area contributed by atoms with E-state index in [4.69, 9.17) is 0 Å². The van der Waals surface area contributed by atoms with Gasteiger partial charge in [-0.25, -0.2) is 0 Å². The Balaban J connectivity index is 2.29. The lowest BCUT2D eigenvalue weighted by Gasteiger charge is -2.08. The Kier molecular flexibility index (Phi) is 3.74. The molecule has 0 aliphatic carbocycles. The first kappa shape index (κ1) is 11.6. The van der Waals surface area contributed by atoms with Gasteiger partial charge in [0.05, 0.1) is 11.6 Å². The fraction of sp³-hybridized carbons (Fsp3) is 0.545. The highest BCUT2D eigenvalue weighted by Crippen LogP contribution is 2.19. The lowest BCUT2D eigenvalue weighted by molar-refractivity contribution is 0.945. The highest BCUT2D eigenvalue weighted by Gasteiger charge is 2.08. The second-order valence-corrected chi connectivity index (χ2v) is 3.88. The van der Waals surface area contributed by atoms with Crippen molar-refractivity contribution in [2.75, 3.05) is 23.7 Å². The molecule has 0 aliphatic heterocycles. The van der Waals surface area contributed by atoms with Gasteiger partial charge in [0.15, 0.2) is 5.65 Å². The van der Waals surface area contributed by atoms with E-state index < -0.39 is 0 Å². The number of nitrogens with zero attached hydrogens (tertiary/aromatic N) is 3. The molecule has 0 aliphatic rings. The monoisotopic (exact) mass is 234 g/mol. The molecule has 2 rings (SSSR count). The van der Waals surface area contributed by atoms with Crippen LogP contribution in [-0.4, -0.2) is 33.3 Å². The van der Waals surface area contributed by atoms with E-state index in [1.54, 1.807) is 6.20 Å². The normalized spacial score (nSPS) is 10.7. The van der Waals surface area contributed by atoms with Crippen LogP contribution in [0.4, 0.5) is 11.8 Å². The fourth-order valence-electron chi connectivity index (χ4n) is 1.53. The van der Waals surface area contributed by atoms with Gasteiger partial charge in [-0.1, -0.05) is 13.8 Å². The largest absolute Gasteiger partial charge is 0.369 e. The van der Waals surface area contributed by atoms with Crippen molar-refractivity contribution in [1.29, 1.82) is 0 Å². The molecule has 0 spiro atoms. The van der Waals surface area contributed by atoms with Crippen molar-refractivity contribution in [2.45, 2.75) is 26.7 Å². The van der Waals surface area contributed by atoms with Gasteiger partial charge in [0.2, 0.25) is 5.95 Å². The van der Waals surface area contributed by atoms with Gasteiger partial charge in [-0.15, -0.1) is 0 Å². The molecule has 3 N–H and O–H groups in total. The van der Waals surface area contributed by atoms with E-state index in [1.807, 2.05) is 0 Å². The van der Waals surface area contributed by atoms with Gasteiger partial charge >= 0.3 is 0 Å². The van der Waals surface area contributed by atoms with E-state index >= 15 is 0 Å². The van der Waals surface area contributed by atoms with Gasteiger partial charge in [-0.05, 0) is 12.8 Å². The molecule has 0 amide bonds. The summed E-state index contributed by atoms with van der Waals surface area (Å²) in [6.45, 7) is 5.99. The summed E-state index contributed by atoms with van der Waals surface area (Å²) >= 11 is 0. The summed E-state index contributed by atoms with van der Waals surface area (Å²) in [6.07, 6.45) is 3.85. The molecule has 17 heavy (non-hydrogen) atoms. The molecule has 0 aromatic carbocycles. The number of hydrogen-bond acceptors (Lipinski definition) is 5. The zero-order chi connectivity index (χ0) is 12.1. The van der Waals surface area contributed by atoms with Crippen molar-refractivity contribution in [3.63, 3.8) is 0 Å². The van der Waals surface area contributed by atoms with Crippen molar-refractivity contribution >= 4 is 22.8 Å². The predicted molar refractivity (Wildman–Crippen MR) is 69.2 cm³/mol. The minimum Gasteiger partial charge on any atom is -0.369 e. The first-order chi connectivity index (χ1) is 8.35. The molecule has 2 aromatic rings. The van der Waals surface area contributed by atoms with Gasteiger partial charge < -0.3 is 10.6 Å². The summed E-state index contributed by atoms with van der Waals surface area (Å²) in [6, 6.07) is 0. The van der Waals surface area contributed by atoms with Crippen LogP contribution >= 0.6 is 0 Å². The molecule has 0 radical (unpaired) electrons. The highest BCUT2D eigenvalue weighted by molar-refractivity contribution is 5.86. The first-order valence-corrected chi connectivity index (χ1v) is 6.04. The molecule has 2 aromatic heterocycles. The second-order valence-electron chi connectivity index (χ2n) is 3.88. The van der Waals surface area contributed by atoms with Crippen LogP contribution in [0.1, 0.15) is 26.7 Å². The quantitative estimate of drug-likeness (QED) is 0.712. The number of aromatic nitrogens is 4. The molecule has 92 valence electrons. The number of anilines is 2. The number of H-pyrrole nitrogens is 1. The summed E-state index contributed by atoms with van der Waals surface area (Å²) < 4.78 is 0. The Morgan fingerprint density at radius 2 is 1.88 bits per heavy atom. The predicted octanol–water partition coefficient (Wildman–Crippen LogP) is 2.00. The SMILES string of the molecule is CCCNc1nc(NCCC)c2cn[nH]c2n1. The fourth-order valence-corrected chi connectivity index (χ4v) is 1.53. The van der Waals surface area contributed by atoms with E-state index in [0.717, 1.165) is 42.8 Å². The van der Waals surface area contributed by atoms with Crippen LogP contribution in [0.5, 0.6) is 0 Å². The molecule has 0 bridgehead atoms. The molecular formula is C11H18N6.